The van der Waals surface area contributed by atoms with Gasteiger partial charge < -0.3 is 9.64 Å². The van der Waals surface area contributed by atoms with E-state index in [0.717, 1.165) is 12.0 Å². The summed E-state index contributed by atoms with van der Waals surface area (Å²) in [5.74, 6) is 0.389. The summed E-state index contributed by atoms with van der Waals surface area (Å²) < 4.78 is 4.54. The molecule has 0 aromatic rings. The summed E-state index contributed by atoms with van der Waals surface area (Å²) in [7, 11) is 3.12. The Morgan fingerprint density at radius 3 is 2.80 bits per heavy atom. The number of hydrogen-bond acceptors (Lipinski definition) is 4. The predicted molar refractivity (Wildman–Crippen MR) is 55.7 cm³/mol. The van der Waals surface area contributed by atoms with Crippen LogP contribution >= 0.6 is 0 Å². The number of ether oxygens (including phenoxy) is 1. The van der Waals surface area contributed by atoms with E-state index in [-0.39, 0.29) is 12.5 Å². The standard InChI is InChI=1S/C11H16N2O2/c1-13(8-11(14)15-2)7-10(6-12)5-9-3-4-9/h7,9H,3-5,8H2,1-2H3. The van der Waals surface area contributed by atoms with Gasteiger partial charge in [-0.25, -0.2) is 0 Å². The van der Waals surface area contributed by atoms with Crippen LogP contribution in [0.3, 0.4) is 0 Å². The highest BCUT2D eigenvalue weighted by molar-refractivity contribution is 5.71. The summed E-state index contributed by atoms with van der Waals surface area (Å²) >= 11 is 0. The molecule has 1 aliphatic carbocycles. The summed E-state index contributed by atoms with van der Waals surface area (Å²) in [5, 5.41) is 8.88. The van der Waals surface area contributed by atoms with Crippen molar-refractivity contribution < 1.29 is 9.53 Å². The van der Waals surface area contributed by atoms with Gasteiger partial charge >= 0.3 is 5.97 Å². The van der Waals surface area contributed by atoms with Gasteiger partial charge in [0.1, 0.15) is 6.54 Å². The van der Waals surface area contributed by atoms with Gasteiger partial charge in [-0.15, -0.1) is 0 Å². The van der Waals surface area contributed by atoms with Crippen LogP contribution in [0, 0.1) is 17.2 Å². The lowest BCUT2D eigenvalue weighted by Gasteiger charge is -2.12. The molecule has 0 aromatic carbocycles. The zero-order valence-corrected chi connectivity index (χ0v) is 9.19. The van der Waals surface area contributed by atoms with E-state index >= 15 is 0 Å². The highest BCUT2D eigenvalue weighted by atomic mass is 16.5. The molecule has 0 bridgehead atoms. The average Bonchev–Trinajstić information content (AvgIpc) is 3.00. The smallest absolute Gasteiger partial charge is 0.325 e. The molecule has 0 radical (unpaired) electrons. The van der Waals surface area contributed by atoms with Crippen LogP contribution in [0.4, 0.5) is 0 Å². The molecule has 0 unspecified atom stereocenters. The molecule has 0 heterocycles. The largest absolute Gasteiger partial charge is 0.468 e. The lowest BCUT2D eigenvalue weighted by atomic mass is 10.1. The lowest BCUT2D eigenvalue weighted by molar-refractivity contribution is -0.141. The van der Waals surface area contributed by atoms with Crippen molar-refractivity contribution >= 4 is 5.97 Å². The van der Waals surface area contributed by atoms with E-state index in [1.54, 1.807) is 18.1 Å². The fourth-order valence-electron chi connectivity index (χ4n) is 1.34. The van der Waals surface area contributed by atoms with E-state index in [1.807, 2.05) is 0 Å². The first kappa shape index (κ1) is 11.6. The number of likely N-dealkylation sites (N-methyl/N-ethyl adjacent to an activating group) is 1. The Labute approximate surface area is 90.1 Å². The molecule has 15 heavy (non-hydrogen) atoms. The van der Waals surface area contributed by atoms with E-state index < -0.39 is 0 Å². The topological polar surface area (TPSA) is 53.3 Å². The number of rotatable bonds is 5. The molecular weight excluding hydrogens is 192 g/mol. The Morgan fingerprint density at radius 2 is 2.33 bits per heavy atom. The Bertz CT molecular complexity index is 300. The molecule has 1 saturated carbocycles. The van der Waals surface area contributed by atoms with Crippen LogP contribution in [0.2, 0.25) is 0 Å². The SMILES string of the molecule is COC(=O)CN(C)C=C(C#N)CC1CC1. The number of nitrogens with zero attached hydrogens (tertiary/aromatic N) is 2. The minimum absolute atomic E-state index is 0.187. The third kappa shape index (κ3) is 4.50. The molecule has 0 aromatic heterocycles. The monoisotopic (exact) mass is 208 g/mol. The van der Waals surface area contributed by atoms with Gasteiger partial charge in [-0.1, -0.05) is 0 Å². The van der Waals surface area contributed by atoms with Crippen LogP contribution in [0.5, 0.6) is 0 Å². The van der Waals surface area contributed by atoms with Gasteiger partial charge in [-0.3, -0.25) is 4.79 Å². The average molecular weight is 208 g/mol. The van der Waals surface area contributed by atoms with Crippen LogP contribution < -0.4 is 0 Å². The van der Waals surface area contributed by atoms with E-state index in [4.69, 9.17) is 5.26 Å². The van der Waals surface area contributed by atoms with Gasteiger partial charge in [0.15, 0.2) is 0 Å². The van der Waals surface area contributed by atoms with E-state index in [1.165, 1.54) is 20.0 Å². The van der Waals surface area contributed by atoms with Crippen molar-refractivity contribution in [1.29, 1.82) is 5.26 Å². The van der Waals surface area contributed by atoms with Gasteiger partial charge in [0.25, 0.3) is 0 Å². The first-order valence-electron chi connectivity index (χ1n) is 5.03. The summed E-state index contributed by atoms with van der Waals surface area (Å²) in [6.07, 6.45) is 5.01. The van der Waals surface area contributed by atoms with Crippen molar-refractivity contribution in [2.45, 2.75) is 19.3 Å². The summed E-state index contributed by atoms with van der Waals surface area (Å²) in [4.78, 5) is 12.6. The third-order valence-electron chi connectivity index (χ3n) is 2.33. The first-order valence-corrected chi connectivity index (χ1v) is 5.03. The number of carbonyl (C=O) groups is 1. The van der Waals surface area contributed by atoms with Crippen molar-refractivity contribution in [3.63, 3.8) is 0 Å². The second kappa shape index (κ2) is 5.40. The third-order valence-corrected chi connectivity index (χ3v) is 2.33. The van der Waals surface area contributed by atoms with Crippen molar-refractivity contribution in [3.8, 4) is 6.07 Å². The summed E-state index contributed by atoms with van der Waals surface area (Å²) in [5.41, 5.74) is 0.740. The molecule has 0 spiro atoms. The number of nitriles is 1. The maximum absolute atomic E-state index is 11.0. The van der Waals surface area contributed by atoms with Crippen LogP contribution in [0.1, 0.15) is 19.3 Å². The predicted octanol–water partition coefficient (Wildman–Crippen LogP) is 1.30. The molecule has 0 amide bonds. The van der Waals surface area contributed by atoms with Crippen molar-refractivity contribution in [1.82, 2.24) is 4.90 Å². The highest BCUT2D eigenvalue weighted by Crippen LogP contribution is 2.34. The minimum atomic E-state index is -0.294. The Balaban J connectivity index is 2.42. The quantitative estimate of drug-likeness (QED) is 0.504. The van der Waals surface area contributed by atoms with Crippen LogP contribution in [-0.2, 0) is 9.53 Å². The molecule has 0 atom stereocenters. The molecule has 4 nitrogen and oxygen atoms in total. The fourth-order valence-corrected chi connectivity index (χ4v) is 1.34. The van der Waals surface area contributed by atoms with E-state index in [0.29, 0.717) is 5.92 Å². The van der Waals surface area contributed by atoms with Crippen molar-refractivity contribution in [2.24, 2.45) is 5.92 Å². The second-order valence-corrected chi connectivity index (χ2v) is 3.90. The molecule has 0 N–H and O–H groups in total. The second-order valence-electron chi connectivity index (χ2n) is 3.90. The number of allylic oxidation sites excluding steroid dienone is 1. The van der Waals surface area contributed by atoms with Gasteiger partial charge in [-0.2, -0.15) is 5.26 Å². The molecule has 1 fully saturated rings. The molecular formula is C11H16N2O2. The zero-order chi connectivity index (χ0) is 11.3. The molecule has 0 saturated heterocycles. The zero-order valence-electron chi connectivity index (χ0n) is 9.19. The normalized spacial score (nSPS) is 15.7. The highest BCUT2D eigenvalue weighted by Gasteiger charge is 2.22. The maximum Gasteiger partial charge on any atom is 0.325 e. The van der Waals surface area contributed by atoms with Gasteiger partial charge in [0.05, 0.1) is 13.2 Å². The van der Waals surface area contributed by atoms with E-state index in [2.05, 4.69) is 10.8 Å². The number of hydrogen-bond donors (Lipinski definition) is 0. The molecule has 0 aliphatic heterocycles. The van der Waals surface area contributed by atoms with Crippen molar-refractivity contribution in [3.05, 3.63) is 11.8 Å². The Morgan fingerprint density at radius 1 is 1.67 bits per heavy atom. The van der Waals surface area contributed by atoms with Gasteiger partial charge in [0, 0.05) is 18.8 Å². The van der Waals surface area contributed by atoms with Gasteiger partial charge in [0.2, 0.25) is 0 Å². The summed E-state index contributed by atoms with van der Waals surface area (Å²) in [6, 6.07) is 2.16. The van der Waals surface area contributed by atoms with Crippen LogP contribution in [0.25, 0.3) is 0 Å². The lowest BCUT2D eigenvalue weighted by Crippen LogP contribution is -2.22. The number of carbonyl (C=O) groups excluding carboxylic acids is 1. The van der Waals surface area contributed by atoms with Crippen molar-refractivity contribution in [2.75, 3.05) is 20.7 Å². The van der Waals surface area contributed by atoms with Crippen LogP contribution in [0.15, 0.2) is 11.8 Å². The number of esters is 1. The Kier molecular flexibility index (Phi) is 4.17. The molecule has 4 heteroatoms. The van der Waals surface area contributed by atoms with E-state index in [9.17, 15) is 4.79 Å². The van der Waals surface area contributed by atoms with Crippen LogP contribution in [-0.4, -0.2) is 31.6 Å². The molecule has 1 rings (SSSR count). The summed E-state index contributed by atoms with van der Waals surface area (Å²) in [6.45, 7) is 0.187. The molecule has 1 aliphatic rings. The van der Waals surface area contributed by atoms with Gasteiger partial charge in [-0.05, 0) is 25.2 Å². The number of methoxy groups -OCH3 is 1. The first-order chi connectivity index (χ1) is 7.15. The molecule has 82 valence electrons. The Hall–Kier alpha value is -1.50. The fraction of sp³-hybridized carbons (Fsp3) is 0.636. The minimum Gasteiger partial charge on any atom is -0.468 e. The maximum atomic E-state index is 11.0.